The van der Waals surface area contributed by atoms with E-state index in [4.69, 9.17) is 4.74 Å². The van der Waals surface area contributed by atoms with Gasteiger partial charge in [-0.25, -0.2) is 4.98 Å². The second kappa shape index (κ2) is 7.75. The molecule has 1 aromatic carbocycles. The quantitative estimate of drug-likeness (QED) is 0.610. The van der Waals surface area contributed by atoms with Crippen molar-refractivity contribution in [3.63, 3.8) is 0 Å². The van der Waals surface area contributed by atoms with Gasteiger partial charge in [0, 0.05) is 21.8 Å². The molecule has 0 radical (unpaired) electrons. The van der Waals surface area contributed by atoms with E-state index in [1.54, 1.807) is 31.2 Å². The number of carbonyl (C=O) groups is 2. The number of ether oxygens (including phenoxy) is 1. The molecule has 134 valence electrons. The molecule has 0 spiro atoms. The SMILES string of the molecule is Cc1cc(=O)n2nc(COC(=O)CNC(=O)c3ccc(Br)cc3)sc2n1. The summed E-state index contributed by atoms with van der Waals surface area (Å²) < 4.78 is 7.09. The van der Waals surface area contributed by atoms with E-state index in [0.717, 1.165) is 20.3 Å². The Balaban J connectivity index is 1.54. The average Bonchev–Trinajstić information content (AvgIpc) is 3.01. The van der Waals surface area contributed by atoms with E-state index in [0.29, 0.717) is 21.2 Å². The van der Waals surface area contributed by atoms with Crippen molar-refractivity contribution in [1.29, 1.82) is 0 Å². The lowest BCUT2D eigenvalue weighted by Gasteiger charge is -2.05. The fourth-order valence-electron chi connectivity index (χ4n) is 2.07. The van der Waals surface area contributed by atoms with Crippen molar-refractivity contribution < 1.29 is 14.3 Å². The monoisotopic (exact) mass is 436 g/mol. The molecule has 0 fully saturated rings. The van der Waals surface area contributed by atoms with Crippen molar-refractivity contribution in [2.75, 3.05) is 6.54 Å². The van der Waals surface area contributed by atoms with Gasteiger partial charge in [0.1, 0.15) is 13.2 Å². The number of benzene rings is 1. The minimum Gasteiger partial charge on any atom is -0.457 e. The number of rotatable bonds is 5. The van der Waals surface area contributed by atoms with Gasteiger partial charge in [-0.15, -0.1) is 0 Å². The second-order valence-corrected chi connectivity index (χ2v) is 7.23. The Morgan fingerprint density at radius 3 is 2.77 bits per heavy atom. The molecule has 0 atom stereocenters. The van der Waals surface area contributed by atoms with Gasteiger partial charge in [-0.2, -0.15) is 9.61 Å². The van der Waals surface area contributed by atoms with E-state index in [1.807, 2.05) is 0 Å². The Hall–Kier alpha value is -2.59. The first-order valence-electron chi connectivity index (χ1n) is 7.48. The average molecular weight is 437 g/mol. The van der Waals surface area contributed by atoms with Gasteiger partial charge in [-0.3, -0.25) is 14.4 Å². The van der Waals surface area contributed by atoms with Crippen molar-refractivity contribution in [2.24, 2.45) is 0 Å². The minimum absolute atomic E-state index is 0.0977. The van der Waals surface area contributed by atoms with Gasteiger partial charge in [-0.1, -0.05) is 27.3 Å². The molecule has 0 aliphatic carbocycles. The maximum atomic E-state index is 11.9. The molecule has 10 heteroatoms. The topological polar surface area (TPSA) is 103 Å². The molecule has 3 aromatic rings. The van der Waals surface area contributed by atoms with Gasteiger partial charge in [0.25, 0.3) is 11.5 Å². The van der Waals surface area contributed by atoms with Crippen LogP contribution in [-0.2, 0) is 16.1 Å². The zero-order valence-corrected chi connectivity index (χ0v) is 16.0. The van der Waals surface area contributed by atoms with E-state index in [1.165, 1.54) is 6.07 Å². The third-order valence-electron chi connectivity index (χ3n) is 3.27. The Morgan fingerprint density at radius 1 is 1.31 bits per heavy atom. The first-order valence-corrected chi connectivity index (χ1v) is 9.09. The summed E-state index contributed by atoms with van der Waals surface area (Å²) in [5.41, 5.74) is 0.744. The molecule has 0 saturated carbocycles. The molecule has 0 aliphatic rings. The molecule has 26 heavy (non-hydrogen) atoms. The summed E-state index contributed by atoms with van der Waals surface area (Å²) in [5, 5.41) is 6.99. The summed E-state index contributed by atoms with van der Waals surface area (Å²) in [6.07, 6.45) is 0. The van der Waals surface area contributed by atoms with Crippen LogP contribution in [0.2, 0.25) is 0 Å². The molecule has 8 nitrogen and oxygen atoms in total. The first kappa shape index (κ1) is 18.2. The van der Waals surface area contributed by atoms with Gasteiger partial charge in [0.15, 0.2) is 5.01 Å². The highest BCUT2D eigenvalue weighted by Crippen LogP contribution is 2.12. The van der Waals surface area contributed by atoms with Crippen LogP contribution in [0.15, 0.2) is 39.6 Å². The van der Waals surface area contributed by atoms with Gasteiger partial charge in [-0.05, 0) is 31.2 Å². The Morgan fingerprint density at radius 2 is 2.04 bits per heavy atom. The lowest BCUT2D eigenvalue weighted by atomic mass is 10.2. The van der Waals surface area contributed by atoms with E-state index < -0.39 is 5.97 Å². The van der Waals surface area contributed by atoms with Crippen LogP contribution in [-0.4, -0.2) is 33.0 Å². The lowest BCUT2D eigenvalue weighted by Crippen LogP contribution is -2.30. The molecular formula is C16H13BrN4O4S. The van der Waals surface area contributed by atoms with Crippen LogP contribution in [0, 0.1) is 6.92 Å². The molecule has 3 rings (SSSR count). The third kappa shape index (κ3) is 4.33. The van der Waals surface area contributed by atoms with Crippen LogP contribution in [0.4, 0.5) is 0 Å². The normalized spacial score (nSPS) is 10.7. The smallest absolute Gasteiger partial charge is 0.325 e. The first-order chi connectivity index (χ1) is 12.4. The Kier molecular flexibility index (Phi) is 5.43. The van der Waals surface area contributed by atoms with E-state index in [-0.39, 0.29) is 24.6 Å². The minimum atomic E-state index is -0.605. The third-order valence-corrected chi connectivity index (χ3v) is 4.68. The van der Waals surface area contributed by atoms with Crippen molar-refractivity contribution in [3.8, 4) is 0 Å². The van der Waals surface area contributed by atoms with Gasteiger partial charge in [0.2, 0.25) is 4.96 Å². The standard InChI is InChI=1S/C16H13BrN4O4S/c1-9-6-13(22)21-16(19-9)26-12(20-21)8-25-14(23)7-18-15(24)10-2-4-11(17)5-3-10/h2-6H,7-8H2,1H3,(H,18,24). The van der Waals surface area contributed by atoms with Gasteiger partial charge < -0.3 is 10.1 Å². The molecule has 0 bridgehead atoms. The number of nitrogens with zero attached hydrogens (tertiary/aromatic N) is 3. The summed E-state index contributed by atoms with van der Waals surface area (Å²) in [6.45, 7) is 1.35. The molecule has 2 heterocycles. The maximum absolute atomic E-state index is 11.9. The van der Waals surface area contributed by atoms with Crippen LogP contribution in [0.5, 0.6) is 0 Å². The molecular weight excluding hydrogens is 424 g/mol. The number of esters is 1. The predicted octanol–water partition coefficient (Wildman–Crippen LogP) is 1.70. The zero-order chi connectivity index (χ0) is 18.7. The van der Waals surface area contributed by atoms with Crippen LogP contribution >= 0.6 is 27.3 Å². The maximum Gasteiger partial charge on any atom is 0.325 e. The number of halogens is 1. The highest BCUT2D eigenvalue weighted by atomic mass is 79.9. The fraction of sp³-hybridized carbons (Fsp3) is 0.188. The summed E-state index contributed by atoms with van der Waals surface area (Å²) in [6, 6.07) is 8.12. The Bertz CT molecular complexity index is 1030. The van der Waals surface area contributed by atoms with Crippen LogP contribution in [0.25, 0.3) is 4.96 Å². The van der Waals surface area contributed by atoms with Crippen molar-refractivity contribution in [3.05, 3.63) is 61.4 Å². The largest absolute Gasteiger partial charge is 0.457 e. The Labute approximate surface area is 160 Å². The van der Waals surface area contributed by atoms with E-state index >= 15 is 0 Å². The molecule has 1 amide bonds. The van der Waals surface area contributed by atoms with Crippen molar-refractivity contribution in [2.45, 2.75) is 13.5 Å². The predicted molar refractivity (Wildman–Crippen MR) is 98.1 cm³/mol. The van der Waals surface area contributed by atoms with Crippen molar-refractivity contribution >= 4 is 44.1 Å². The summed E-state index contributed by atoms with van der Waals surface area (Å²) in [4.78, 5) is 40.2. The highest BCUT2D eigenvalue weighted by molar-refractivity contribution is 9.10. The molecule has 0 aliphatic heterocycles. The number of carbonyl (C=O) groups excluding carboxylic acids is 2. The number of hydrogen-bond donors (Lipinski definition) is 1. The molecule has 1 N–H and O–H groups in total. The number of fused-ring (bicyclic) bond motifs is 1. The van der Waals surface area contributed by atoms with Crippen LogP contribution in [0.3, 0.4) is 0 Å². The number of nitrogens with one attached hydrogen (secondary N) is 1. The van der Waals surface area contributed by atoms with Crippen LogP contribution in [0.1, 0.15) is 21.1 Å². The summed E-state index contributed by atoms with van der Waals surface area (Å²) in [5.74, 6) is -0.980. The van der Waals surface area contributed by atoms with Gasteiger partial charge in [0.05, 0.1) is 0 Å². The zero-order valence-electron chi connectivity index (χ0n) is 13.6. The van der Waals surface area contributed by atoms with E-state index in [9.17, 15) is 14.4 Å². The molecule has 2 aromatic heterocycles. The van der Waals surface area contributed by atoms with Crippen LogP contribution < -0.4 is 10.9 Å². The second-order valence-electron chi connectivity index (χ2n) is 5.28. The van der Waals surface area contributed by atoms with Gasteiger partial charge >= 0.3 is 5.97 Å². The molecule has 0 saturated heterocycles. The number of hydrogen-bond acceptors (Lipinski definition) is 7. The fourth-order valence-corrected chi connectivity index (χ4v) is 3.19. The molecule has 0 unspecified atom stereocenters. The number of aryl methyl sites for hydroxylation is 1. The highest BCUT2D eigenvalue weighted by Gasteiger charge is 2.12. The lowest BCUT2D eigenvalue weighted by molar-refractivity contribution is -0.143. The summed E-state index contributed by atoms with van der Waals surface area (Å²) >= 11 is 4.45. The number of aromatic nitrogens is 3. The van der Waals surface area contributed by atoms with Crippen molar-refractivity contribution in [1.82, 2.24) is 19.9 Å². The van der Waals surface area contributed by atoms with E-state index in [2.05, 4.69) is 31.3 Å². The summed E-state index contributed by atoms with van der Waals surface area (Å²) in [7, 11) is 0. The number of amides is 1.